The van der Waals surface area contributed by atoms with Gasteiger partial charge in [0.25, 0.3) is 0 Å². The predicted octanol–water partition coefficient (Wildman–Crippen LogP) is 2.91. The van der Waals surface area contributed by atoms with Gasteiger partial charge in [0.15, 0.2) is 0 Å². The Morgan fingerprint density at radius 1 is 0.833 bits per heavy atom. The van der Waals surface area contributed by atoms with Crippen molar-refractivity contribution in [1.82, 2.24) is 0 Å². The Hall–Kier alpha value is -2.91. The maximum Gasteiger partial charge on any atom is 0.150 e. The highest BCUT2D eigenvalue weighted by Crippen LogP contribution is 2.22. The molecule has 2 rings (SSSR count). The van der Waals surface area contributed by atoms with Crippen LogP contribution in [0, 0.1) is 22.7 Å². The standard InChI is InChI=1S/C15H8N2O/c16-8-12-5-13(9-17)7-15(6-12)14-3-1-11(10-18)2-4-14/h1-7,10H. The van der Waals surface area contributed by atoms with Gasteiger partial charge < -0.3 is 0 Å². The van der Waals surface area contributed by atoms with Gasteiger partial charge in [0.05, 0.1) is 23.3 Å². The number of nitriles is 2. The molecule has 0 radical (unpaired) electrons. The Bertz CT molecular complexity index is 641. The molecule has 0 unspecified atom stereocenters. The van der Waals surface area contributed by atoms with E-state index in [9.17, 15) is 4.79 Å². The molecule has 0 aliphatic rings. The summed E-state index contributed by atoms with van der Waals surface area (Å²) in [5.41, 5.74) is 3.15. The molecule has 0 saturated carbocycles. The fourth-order valence-electron chi connectivity index (χ4n) is 1.68. The summed E-state index contributed by atoms with van der Waals surface area (Å²) >= 11 is 0. The number of benzene rings is 2. The van der Waals surface area contributed by atoms with E-state index in [1.54, 1.807) is 42.5 Å². The van der Waals surface area contributed by atoms with Crippen LogP contribution < -0.4 is 0 Å². The Kier molecular flexibility index (Phi) is 3.18. The first kappa shape index (κ1) is 11.6. The number of aldehydes is 1. The molecular formula is C15H8N2O. The van der Waals surface area contributed by atoms with Crippen LogP contribution in [0.5, 0.6) is 0 Å². The average molecular weight is 232 g/mol. The predicted molar refractivity (Wildman–Crippen MR) is 66.7 cm³/mol. The van der Waals surface area contributed by atoms with E-state index in [1.165, 1.54) is 0 Å². The zero-order valence-electron chi connectivity index (χ0n) is 9.42. The van der Waals surface area contributed by atoms with Crippen LogP contribution in [0.15, 0.2) is 42.5 Å². The molecule has 0 aliphatic carbocycles. The maximum atomic E-state index is 10.6. The molecule has 3 heteroatoms. The summed E-state index contributed by atoms with van der Waals surface area (Å²) in [5.74, 6) is 0. The number of hydrogen-bond donors (Lipinski definition) is 0. The van der Waals surface area contributed by atoms with E-state index >= 15 is 0 Å². The van der Waals surface area contributed by atoms with E-state index in [1.807, 2.05) is 12.1 Å². The summed E-state index contributed by atoms with van der Waals surface area (Å²) in [6.45, 7) is 0. The van der Waals surface area contributed by atoms with E-state index in [0.717, 1.165) is 17.4 Å². The smallest absolute Gasteiger partial charge is 0.150 e. The normalized spacial score (nSPS) is 9.22. The van der Waals surface area contributed by atoms with Crippen molar-refractivity contribution < 1.29 is 4.79 Å². The third kappa shape index (κ3) is 2.26. The van der Waals surface area contributed by atoms with Gasteiger partial charge in [0, 0.05) is 5.56 Å². The van der Waals surface area contributed by atoms with E-state index in [4.69, 9.17) is 10.5 Å². The topological polar surface area (TPSA) is 64.7 Å². The van der Waals surface area contributed by atoms with Crippen LogP contribution >= 0.6 is 0 Å². The molecule has 0 N–H and O–H groups in total. The van der Waals surface area contributed by atoms with Crippen molar-refractivity contribution in [2.75, 3.05) is 0 Å². The van der Waals surface area contributed by atoms with Crippen LogP contribution in [0.2, 0.25) is 0 Å². The molecular weight excluding hydrogens is 224 g/mol. The van der Waals surface area contributed by atoms with E-state index in [0.29, 0.717) is 16.7 Å². The summed E-state index contributed by atoms with van der Waals surface area (Å²) in [6, 6.07) is 16.0. The first-order chi connectivity index (χ1) is 8.76. The van der Waals surface area contributed by atoms with Crippen LogP contribution in [-0.4, -0.2) is 6.29 Å². The molecule has 0 atom stereocenters. The third-order valence-electron chi connectivity index (χ3n) is 2.57. The van der Waals surface area contributed by atoms with Gasteiger partial charge in [-0.15, -0.1) is 0 Å². The molecule has 0 amide bonds. The van der Waals surface area contributed by atoms with Gasteiger partial charge in [-0.3, -0.25) is 4.79 Å². The Labute approximate surface area is 105 Å². The first-order valence-electron chi connectivity index (χ1n) is 5.28. The molecule has 2 aromatic rings. The average Bonchev–Trinajstić information content (AvgIpc) is 2.46. The molecule has 2 aromatic carbocycles. The van der Waals surface area contributed by atoms with Gasteiger partial charge in [0.2, 0.25) is 0 Å². The fraction of sp³-hybridized carbons (Fsp3) is 0. The van der Waals surface area contributed by atoms with Crippen LogP contribution in [0.3, 0.4) is 0 Å². The van der Waals surface area contributed by atoms with E-state index < -0.39 is 0 Å². The quantitative estimate of drug-likeness (QED) is 0.748. The van der Waals surface area contributed by atoms with Crippen molar-refractivity contribution >= 4 is 6.29 Å². The van der Waals surface area contributed by atoms with Gasteiger partial charge >= 0.3 is 0 Å². The minimum Gasteiger partial charge on any atom is -0.298 e. The van der Waals surface area contributed by atoms with Crippen molar-refractivity contribution in [3.63, 3.8) is 0 Å². The molecule has 0 aromatic heterocycles. The molecule has 0 aliphatic heterocycles. The largest absolute Gasteiger partial charge is 0.298 e. The molecule has 0 spiro atoms. The van der Waals surface area contributed by atoms with Crippen LogP contribution in [0.4, 0.5) is 0 Å². The number of carbonyl (C=O) groups excluding carboxylic acids is 1. The van der Waals surface area contributed by atoms with Gasteiger partial charge in [-0.2, -0.15) is 10.5 Å². The van der Waals surface area contributed by atoms with E-state index in [2.05, 4.69) is 0 Å². The van der Waals surface area contributed by atoms with Gasteiger partial charge in [-0.1, -0.05) is 24.3 Å². The number of hydrogen-bond acceptors (Lipinski definition) is 3. The number of nitrogens with zero attached hydrogens (tertiary/aromatic N) is 2. The highest BCUT2D eigenvalue weighted by Gasteiger charge is 2.03. The fourth-order valence-corrected chi connectivity index (χ4v) is 1.68. The number of carbonyl (C=O) groups is 1. The lowest BCUT2D eigenvalue weighted by Gasteiger charge is -2.03. The molecule has 0 heterocycles. The molecule has 0 saturated heterocycles. The first-order valence-corrected chi connectivity index (χ1v) is 5.28. The summed E-state index contributed by atoms with van der Waals surface area (Å²) in [5, 5.41) is 17.8. The monoisotopic (exact) mass is 232 g/mol. The molecule has 3 nitrogen and oxygen atoms in total. The minimum atomic E-state index is 0.448. The van der Waals surface area contributed by atoms with Crippen molar-refractivity contribution in [3.8, 4) is 23.3 Å². The van der Waals surface area contributed by atoms with Crippen molar-refractivity contribution in [3.05, 3.63) is 59.2 Å². The highest BCUT2D eigenvalue weighted by molar-refractivity contribution is 5.77. The Balaban J connectivity index is 2.53. The second-order valence-electron chi connectivity index (χ2n) is 3.76. The lowest BCUT2D eigenvalue weighted by atomic mass is 10.00. The highest BCUT2D eigenvalue weighted by atomic mass is 16.1. The van der Waals surface area contributed by atoms with E-state index in [-0.39, 0.29) is 0 Å². The lowest BCUT2D eigenvalue weighted by molar-refractivity contribution is 0.112. The van der Waals surface area contributed by atoms with Crippen molar-refractivity contribution in [2.45, 2.75) is 0 Å². The Morgan fingerprint density at radius 3 is 1.83 bits per heavy atom. The van der Waals surface area contributed by atoms with Crippen LogP contribution in [0.1, 0.15) is 21.5 Å². The van der Waals surface area contributed by atoms with Crippen molar-refractivity contribution in [1.29, 1.82) is 10.5 Å². The van der Waals surface area contributed by atoms with Gasteiger partial charge in [-0.25, -0.2) is 0 Å². The summed E-state index contributed by atoms with van der Waals surface area (Å²) in [7, 11) is 0. The summed E-state index contributed by atoms with van der Waals surface area (Å²) < 4.78 is 0. The molecule has 0 fully saturated rings. The summed E-state index contributed by atoms with van der Waals surface area (Å²) in [6.07, 6.45) is 0.774. The minimum absolute atomic E-state index is 0.448. The second-order valence-corrected chi connectivity index (χ2v) is 3.76. The zero-order valence-corrected chi connectivity index (χ0v) is 9.42. The Morgan fingerprint density at radius 2 is 1.39 bits per heavy atom. The molecule has 84 valence electrons. The molecule has 0 bridgehead atoms. The van der Waals surface area contributed by atoms with Gasteiger partial charge in [0.1, 0.15) is 6.29 Å². The lowest BCUT2D eigenvalue weighted by Crippen LogP contribution is -1.85. The zero-order chi connectivity index (χ0) is 13.0. The number of rotatable bonds is 2. The van der Waals surface area contributed by atoms with Crippen LogP contribution in [0.25, 0.3) is 11.1 Å². The summed E-state index contributed by atoms with van der Waals surface area (Å²) in [4.78, 5) is 10.6. The second kappa shape index (κ2) is 4.95. The third-order valence-corrected chi connectivity index (χ3v) is 2.57. The van der Waals surface area contributed by atoms with Crippen LogP contribution in [-0.2, 0) is 0 Å². The molecule has 18 heavy (non-hydrogen) atoms. The van der Waals surface area contributed by atoms with Crippen molar-refractivity contribution in [2.24, 2.45) is 0 Å². The maximum absolute atomic E-state index is 10.6. The van der Waals surface area contributed by atoms with Gasteiger partial charge in [-0.05, 0) is 29.3 Å². The SMILES string of the molecule is N#Cc1cc(C#N)cc(-c2ccc(C=O)cc2)c1.